The first kappa shape index (κ1) is 13.1. The molecule has 0 aliphatic heterocycles. The number of nitrogens with zero attached hydrogens (tertiary/aromatic N) is 3. The predicted octanol–water partition coefficient (Wildman–Crippen LogP) is 3.21. The Hall–Kier alpha value is -1.93. The van der Waals surface area contributed by atoms with Gasteiger partial charge >= 0.3 is 0 Å². The molecule has 2 aromatic heterocycles. The highest BCUT2D eigenvalue weighted by Crippen LogP contribution is 2.24. The molecule has 4 nitrogen and oxygen atoms in total. The van der Waals surface area contributed by atoms with Crippen LogP contribution in [0.15, 0.2) is 12.3 Å². The first-order valence-electron chi connectivity index (χ1n) is 6.84. The Morgan fingerprint density at radius 2 is 2.25 bits per heavy atom. The molecule has 1 aliphatic rings. The van der Waals surface area contributed by atoms with Gasteiger partial charge in [-0.25, -0.2) is 9.97 Å². The van der Waals surface area contributed by atoms with Gasteiger partial charge in [0.2, 0.25) is 0 Å². The zero-order chi connectivity index (χ0) is 13.9. The summed E-state index contributed by atoms with van der Waals surface area (Å²) in [7, 11) is 0. The summed E-state index contributed by atoms with van der Waals surface area (Å²) >= 11 is 1.66. The van der Waals surface area contributed by atoms with Crippen molar-refractivity contribution in [2.24, 2.45) is 0 Å². The first-order valence-corrected chi connectivity index (χ1v) is 7.66. The smallest absolute Gasteiger partial charge is 0.144 e. The number of nitrogens with one attached hydrogen (secondary N) is 1. The summed E-state index contributed by atoms with van der Waals surface area (Å²) in [6, 6.07) is 4.24. The molecule has 0 saturated carbocycles. The van der Waals surface area contributed by atoms with Crippen molar-refractivity contribution >= 4 is 17.2 Å². The Labute approximate surface area is 122 Å². The molecule has 0 fully saturated rings. The topological polar surface area (TPSA) is 61.6 Å². The summed E-state index contributed by atoms with van der Waals surface area (Å²) < 4.78 is 0. The molecular formula is C15H16N4S. The quantitative estimate of drug-likeness (QED) is 0.940. The molecule has 0 aromatic carbocycles. The van der Waals surface area contributed by atoms with Crippen LogP contribution in [0.3, 0.4) is 0 Å². The fraction of sp³-hybridized carbons (Fsp3) is 0.400. The van der Waals surface area contributed by atoms with Crippen LogP contribution in [0.2, 0.25) is 0 Å². The lowest BCUT2D eigenvalue weighted by atomic mass is 9.95. The monoisotopic (exact) mass is 284 g/mol. The summed E-state index contributed by atoms with van der Waals surface area (Å²) in [5, 5.41) is 13.6. The summed E-state index contributed by atoms with van der Waals surface area (Å²) in [6.07, 6.45) is 6.32. The summed E-state index contributed by atoms with van der Waals surface area (Å²) in [6.45, 7) is 2.66. The fourth-order valence-corrected chi connectivity index (χ4v) is 3.22. The normalized spacial score (nSPS) is 13.6. The Balaban J connectivity index is 1.83. The number of hydrogen-bond acceptors (Lipinski definition) is 5. The molecular weight excluding hydrogens is 268 g/mol. The van der Waals surface area contributed by atoms with Gasteiger partial charge in [-0.05, 0) is 44.2 Å². The second-order valence-corrected chi connectivity index (χ2v) is 6.35. The first-order chi connectivity index (χ1) is 9.76. The van der Waals surface area contributed by atoms with Gasteiger partial charge in [0.05, 0.1) is 12.1 Å². The number of fused-ring (bicyclic) bond motifs is 1. The number of hydrogen-bond donors (Lipinski definition) is 1. The molecule has 0 bridgehead atoms. The summed E-state index contributed by atoms with van der Waals surface area (Å²) in [5.41, 5.74) is 3.02. The Kier molecular flexibility index (Phi) is 3.66. The lowest BCUT2D eigenvalue weighted by Gasteiger charge is -2.17. The zero-order valence-electron chi connectivity index (χ0n) is 11.4. The van der Waals surface area contributed by atoms with E-state index in [1.807, 2.05) is 19.2 Å². The van der Waals surface area contributed by atoms with E-state index in [0.717, 1.165) is 23.5 Å². The van der Waals surface area contributed by atoms with E-state index < -0.39 is 0 Å². The van der Waals surface area contributed by atoms with Crippen molar-refractivity contribution in [3.8, 4) is 6.07 Å². The van der Waals surface area contributed by atoms with Crippen LogP contribution < -0.4 is 5.32 Å². The third-order valence-corrected chi connectivity index (χ3v) is 4.41. The van der Waals surface area contributed by atoms with Crippen molar-refractivity contribution in [1.29, 1.82) is 5.26 Å². The Bertz CT molecular complexity index is 669. The Morgan fingerprint density at radius 3 is 3.00 bits per heavy atom. The predicted molar refractivity (Wildman–Crippen MR) is 79.8 cm³/mol. The maximum absolute atomic E-state index is 9.28. The molecule has 2 aromatic rings. The number of aryl methyl sites for hydroxylation is 3. The van der Waals surface area contributed by atoms with E-state index in [0.29, 0.717) is 17.9 Å². The van der Waals surface area contributed by atoms with E-state index >= 15 is 0 Å². The van der Waals surface area contributed by atoms with Gasteiger partial charge in [-0.15, -0.1) is 11.3 Å². The van der Waals surface area contributed by atoms with Crippen LogP contribution >= 0.6 is 11.3 Å². The van der Waals surface area contributed by atoms with Crippen LogP contribution in [0.4, 0.5) is 5.82 Å². The van der Waals surface area contributed by atoms with Crippen LogP contribution in [0.5, 0.6) is 0 Å². The van der Waals surface area contributed by atoms with Gasteiger partial charge in [0, 0.05) is 16.8 Å². The second-order valence-electron chi connectivity index (χ2n) is 5.03. The van der Waals surface area contributed by atoms with Crippen molar-refractivity contribution in [2.45, 2.75) is 39.2 Å². The highest BCUT2D eigenvalue weighted by molar-refractivity contribution is 7.11. The van der Waals surface area contributed by atoms with Crippen molar-refractivity contribution in [2.75, 3.05) is 5.32 Å². The van der Waals surface area contributed by atoms with Crippen LogP contribution in [0.1, 0.15) is 39.5 Å². The van der Waals surface area contributed by atoms with E-state index in [9.17, 15) is 5.26 Å². The molecule has 0 unspecified atom stereocenters. The van der Waals surface area contributed by atoms with Gasteiger partial charge in [-0.1, -0.05) is 0 Å². The van der Waals surface area contributed by atoms with E-state index in [1.54, 1.807) is 11.3 Å². The van der Waals surface area contributed by atoms with Crippen LogP contribution in [-0.2, 0) is 19.4 Å². The zero-order valence-corrected chi connectivity index (χ0v) is 12.3. The average molecular weight is 284 g/mol. The Morgan fingerprint density at radius 1 is 1.40 bits per heavy atom. The van der Waals surface area contributed by atoms with Gasteiger partial charge in [-0.3, -0.25) is 0 Å². The number of thiazole rings is 1. The molecule has 0 atom stereocenters. The van der Waals surface area contributed by atoms with Crippen LogP contribution in [-0.4, -0.2) is 9.97 Å². The third-order valence-electron chi connectivity index (χ3n) is 3.50. The molecule has 3 rings (SSSR count). The van der Waals surface area contributed by atoms with Gasteiger partial charge in [0.25, 0.3) is 0 Å². The minimum absolute atomic E-state index is 0.624. The van der Waals surface area contributed by atoms with E-state index in [4.69, 9.17) is 0 Å². The number of rotatable bonds is 3. The molecule has 0 amide bonds. The average Bonchev–Trinajstić information content (AvgIpc) is 2.89. The molecule has 1 N–H and O–H groups in total. The van der Waals surface area contributed by atoms with E-state index in [-0.39, 0.29) is 0 Å². The molecule has 20 heavy (non-hydrogen) atoms. The molecule has 0 radical (unpaired) electrons. The van der Waals surface area contributed by atoms with Gasteiger partial charge in [0.15, 0.2) is 0 Å². The largest absolute Gasteiger partial charge is 0.362 e. The second kappa shape index (κ2) is 5.59. The minimum atomic E-state index is 0.624. The molecule has 0 spiro atoms. The van der Waals surface area contributed by atoms with Crippen LogP contribution in [0.25, 0.3) is 0 Å². The SMILES string of the molecule is Cc1cnc(CNc2nc3c(cc2C#N)CCCC3)s1. The van der Waals surface area contributed by atoms with Gasteiger partial charge < -0.3 is 5.32 Å². The van der Waals surface area contributed by atoms with Crippen molar-refractivity contribution in [3.05, 3.63) is 39.0 Å². The van der Waals surface area contributed by atoms with Crippen molar-refractivity contribution < 1.29 is 0 Å². The maximum Gasteiger partial charge on any atom is 0.144 e. The summed E-state index contributed by atoms with van der Waals surface area (Å²) in [5.74, 6) is 0.695. The fourth-order valence-electron chi connectivity index (χ4n) is 2.50. The van der Waals surface area contributed by atoms with Gasteiger partial charge in [-0.2, -0.15) is 5.26 Å². The highest BCUT2D eigenvalue weighted by Gasteiger charge is 2.15. The van der Waals surface area contributed by atoms with Crippen molar-refractivity contribution in [1.82, 2.24) is 9.97 Å². The lowest BCUT2D eigenvalue weighted by molar-refractivity contribution is 0.668. The lowest BCUT2D eigenvalue weighted by Crippen LogP contribution is -2.10. The maximum atomic E-state index is 9.28. The third kappa shape index (κ3) is 2.66. The number of nitriles is 1. The number of pyridine rings is 1. The molecule has 102 valence electrons. The molecule has 2 heterocycles. The number of aromatic nitrogens is 2. The van der Waals surface area contributed by atoms with E-state index in [1.165, 1.54) is 23.3 Å². The summed E-state index contributed by atoms with van der Waals surface area (Å²) in [4.78, 5) is 10.2. The molecule has 1 aliphatic carbocycles. The van der Waals surface area contributed by atoms with E-state index in [2.05, 4.69) is 21.4 Å². The molecule has 0 saturated heterocycles. The van der Waals surface area contributed by atoms with Gasteiger partial charge in [0.1, 0.15) is 16.9 Å². The standard InChI is InChI=1S/C15H16N4S/c1-10-8-17-14(20-10)9-18-15-12(7-16)6-11-4-2-3-5-13(11)19-15/h6,8H,2-5,9H2,1H3,(H,18,19). The number of anilines is 1. The molecule has 5 heteroatoms. The minimum Gasteiger partial charge on any atom is -0.362 e. The highest BCUT2D eigenvalue weighted by atomic mass is 32.1. The van der Waals surface area contributed by atoms with Crippen molar-refractivity contribution in [3.63, 3.8) is 0 Å². The van der Waals surface area contributed by atoms with Crippen LogP contribution in [0, 0.1) is 18.3 Å².